The molecule has 0 saturated heterocycles. The van der Waals surface area contributed by atoms with Crippen LogP contribution in [0.25, 0.3) is 0 Å². The molecule has 0 aliphatic rings. The molecular weight excluding hydrogens is 250 g/mol. The largest absolute Gasteiger partial charge is 0.508 e. The molecule has 4 N–H and O–H groups in total. The predicted octanol–water partition coefficient (Wildman–Crippen LogP) is 1.47. The summed E-state index contributed by atoms with van der Waals surface area (Å²) in [6.45, 7) is 1.92. The topological polar surface area (TPSA) is 107 Å². The van der Waals surface area contributed by atoms with Gasteiger partial charge in [-0.3, -0.25) is 4.79 Å². The summed E-state index contributed by atoms with van der Waals surface area (Å²) in [5.74, 6) is -2.34. The Morgan fingerprint density at radius 2 is 2.00 bits per heavy atom. The number of nitrogens with one attached hydrogen (secondary N) is 1. The Labute approximate surface area is 110 Å². The van der Waals surface area contributed by atoms with Crippen molar-refractivity contribution in [3.63, 3.8) is 0 Å². The number of benzene rings is 1. The van der Waals surface area contributed by atoms with Gasteiger partial charge in [0.25, 0.3) is 5.91 Å². The quantitative estimate of drug-likeness (QED) is 0.584. The van der Waals surface area contributed by atoms with Gasteiger partial charge in [0.2, 0.25) is 0 Å². The summed E-state index contributed by atoms with van der Waals surface area (Å²) < 4.78 is 0. The molecule has 6 heteroatoms. The van der Waals surface area contributed by atoms with E-state index in [0.717, 1.165) is 12.5 Å². The fourth-order valence-corrected chi connectivity index (χ4v) is 1.61. The van der Waals surface area contributed by atoms with Crippen LogP contribution in [0.5, 0.6) is 11.5 Å². The third-order valence-corrected chi connectivity index (χ3v) is 2.67. The number of carboxylic acid groups (broad SMARTS) is 1. The second-order valence-corrected chi connectivity index (χ2v) is 4.21. The van der Waals surface area contributed by atoms with Gasteiger partial charge in [-0.2, -0.15) is 0 Å². The number of carboxylic acids is 1. The molecule has 0 radical (unpaired) electrons. The van der Waals surface area contributed by atoms with Crippen LogP contribution >= 0.6 is 0 Å². The lowest BCUT2D eigenvalue weighted by molar-refractivity contribution is -0.139. The molecule has 1 rings (SSSR count). The highest BCUT2D eigenvalue weighted by Crippen LogP contribution is 2.22. The molecule has 1 amide bonds. The lowest BCUT2D eigenvalue weighted by Gasteiger charge is -2.14. The van der Waals surface area contributed by atoms with E-state index in [0.29, 0.717) is 12.8 Å². The number of unbranched alkanes of at least 4 members (excludes halogenated alkanes) is 1. The highest BCUT2D eigenvalue weighted by molar-refractivity contribution is 5.99. The monoisotopic (exact) mass is 267 g/mol. The maximum Gasteiger partial charge on any atom is 0.326 e. The van der Waals surface area contributed by atoms with Crippen LogP contribution in [0.3, 0.4) is 0 Å². The van der Waals surface area contributed by atoms with Gasteiger partial charge in [0.05, 0.1) is 5.56 Å². The Bertz CT molecular complexity index is 472. The van der Waals surface area contributed by atoms with E-state index in [2.05, 4.69) is 5.32 Å². The molecular formula is C13H17NO5. The molecule has 0 aliphatic heterocycles. The number of aliphatic carboxylic acids is 1. The number of amides is 1. The highest BCUT2D eigenvalue weighted by Gasteiger charge is 2.21. The van der Waals surface area contributed by atoms with Gasteiger partial charge in [0, 0.05) is 0 Å². The van der Waals surface area contributed by atoms with Crippen molar-refractivity contribution >= 4 is 11.9 Å². The minimum Gasteiger partial charge on any atom is -0.508 e. The third kappa shape index (κ3) is 4.17. The summed E-state index contributed by atoms with van der Waals surface area (Å²) in [5.41, 5.74) is -0.150. The number of hydrogen-bond acceptors (Lipinski definition) is 4. The highest BCUT2D eigenvalue weighted by atomic mass is 16.4. The van der Waals surface area contributed by atoms with Gasteiger partial charge in [-0.05, 0) is 24.6 Å². The Hall–Kier alpha value is -2.24. The van der Waals surface area contributed by atoms with E-state index in [1.54, 1.807) is 0 Å². The Balaban J connectivity index is 2.81. The Kier molecular flexibility index (Phi) is 5.17. The standard InChI is InChI=1S/C13H17NO5/c1-2-3-4-10(13(18)19)14-12(17)9-7-8(15)5-6-11(9)16/h5-7,10,15-16H,2-4H2,1H3,(H,14,17)(H,18,19)/t10-/m0/s1. The SMILES string of the molecule is CCCC[C@H](NC(=O)c1cc(O)ccc1O)C(=O)O. The van der Waals surface area contributed by atoms with Crippen molar-refractivity contribution in [2.75, 3.05) is 0 Å². The maximum absolute atomic E-state index is 11.9. The predicted molar refractivity (Wildman–Crippen MR) is 68.2 cm³/mol. The van der Waals surface area contributed by atoms with Crippen LogP contribution in [0.15, 0.2) is 18.2 Å². The first kappa shape index (κ1) is 14.8. The van der Waals surface area contributed by atoms with E-state index in [-0.39, 0.29) is 17.1 Å². The van der Waals surface area contributed by atoms with Crippen LogP contribution in [0.2, 0.25) is 0 Å². The summed E-state index contributed by atoms with van der Waals surface area (Å²) in [5, 5.41) is 30.1. The van der Waals surface area contributed by atoms with Gasteiger partial charge in [-0.25, -0.2) is 4.79 Å². The van der Waals surface area contributed by atoms with Crippen molar-refractivity contribution in [1.29, 1.82) is 0 Å². The van der Waals surface area contributed by atoms with Gasteiger partial charge in [0.15, 0.2) is 0 Å². The lowest BCUT2D eigenvalue weighted by Crippen LogP contribution is -2.40. The van der Waals surface area contributed by atoms with E-state index >= 15 is 0 Å². The summed E-state index contributed by atoms with van der Waals surface area (Å²) in [6.07, 6.45) is 1.80. The molecule has 0 aliphatic carbocycles. The lowest BCUT2D eigenvalue weighted by atomic mass is 10.1. The van der Waals surface area contributed by atoms with Crippen molar-refractivity contribution in [2.24, 2.45) is 0 Å². The second-order valence-electron chi connectivity index (χ2n) is 4.21. The first-order valence-electron chi connectivity index (χ1n) is 6.01. The van der Waals surface area contributed by atoms with E-state index < -0.39 is 17.9 Å². The van der Waals surface area contributed by atoms with Gasteiger partial charge in [-0.1, -0.05) is 19.8 Å². The number of carbonyl (C=O) groups is 2. The number of hydrogen-bond donors (Lipinski definition) is 4. The number of aromatic hydroxyl groups is 2. The van der Waals surface area contributed by atoms with Crippen LogP contribution in [-0.2, 0) is 4.79 Å². The van der Waals surface area contributed by atoms with Gasteiger partial charge >= 0.3 is 5.97 Å². The molecule has 6 nitrogen and oxygen atoms in total. The fourth-order valence-electron chi connectivity index (χ4n) is 1.61. The molecule has 0 heterocycles. The van der Waals surface area contributed by atoms with E-state index in [9.17, 15) is 19.8 Å². The molecule has 19 heavy (non-hydrogen) atoms. The molecule has 1 aromatic rings. The smallest absolute Gasteiger partial charge is 0.326 e. The van der Waals surface area contributed by atoms with Crippen molar-refractivity contribution in [3.05, 3.63) is 23.8 Å². The second kappa shape index (κ2) is 6.63. The first-order chi connectivity index (χ1) is 8.95. The third-order valence-electron chi connectivity index (χ3n) is 2.67. The minimum atomic E-state index is -1.12. The zero-order valence-corrected chi connectivity index (χ0v) is 10.6. The zero-order valence-electron chi connectivity index (χ0n) is 10.6. The van der Waals surface area contributed by atoms with Crippen LogP contribution in [-0.4, -0.2) is 33.2 Å². The number of phenolic OH excluding ortho intramolecular Hbond substituents is 2. The van der Waals surface area contributed by atoms with E-state index in [1.165, 1.54) is 12.1 Å². The Morgan fingerprint density at radius 1 is 1.32 bits per heavy atom. The van der Waals surface area contributed by atoms with Crippen LogP contribution in [0.1, 0.15) is 36.5 Å². The molecule has 104 valence electrons. The molecule has 1 aromatic carbocycles. The zero-order chi connectivity index (χ0) is 14.4. The first-order valence-corrected chi connectivity index (χ1v) is 6.01. The Morgan fingerprint density at radius 3 is 2.58 bits per heavy atom. The summed E-state index contributed by atoms with van der Waals surface area (Å²) in [4.78, 5) is 22.8. The average Bonchev–Trinajstić information content (AvgIpc) is 2.36. The molecule has 0 spiro atoms. The van der Waals surface area contributed by atoms with Gasteiger partial charge in [-0.15, -0.1) is 0 Å². The summed E-state index contributed by atoms with van der Waals surface area (Å²) >= 11 is 0. The van der Waals surface area contributed by atoms with Crippen molar-refractivity contribution in [2.45, 2.75) is 32.2 Å². The maximum atomic E-state index is 11.9. The van der Waals surface area contributed by atoms with E-state index in [1.807, 2.05) is 6.92 Å². The molecule has 0 fully saturated rings. The molecule has 0 unspecified atom stereocenters. The van der Waals surface area contributed by atoms with E-state index in [4.69, 9.17) is 5.11 Å². The number of carbonyl (C=O) groups excluding carboxylic acids is 1. The summed E-state index contributed by atoms with van der Waals surface area (Å²) in [7, 11) is 0. The van der Waals surface area contributed by atoms with Crippen molar-refractivity contribution in [3.8, 4) is 11.5 Å². The fraction of sp³-hybridized carbons (Fsp3) is 0.385. The van der Waals surface area contributed by atoms with Gasteiger partial charge < -0.3 is 20.6 Å². The molecule has 0 saturated carbocycles. The minimum absolute atomic E-state index is 0.150. The number of rotatable bonds is 6. The van der Waals surface area contributed by atoms with Crippen molar-refractivity contribution < 1.29 is 24.9 Å². The number of phenols is 2. The van der Waals surface area contributed by atoms with Crippen LogP contribution in [0, 0.1) is 0 Å². The normalized spacial score (nSPS) is 11.8. The van der Waals surface area contributed by atoms with Gasteiger partial charge in [0.1, 0.15) is 17.5 Å². The van der Waals surface area contributed by atoms with Crippen molar-refractivity contribution in [1.82, 2.24) is 5.32 Å². The average molecular weight is 267 g/mol. The van der Waals surface area contributed by atoms with Crippen LogP contribution < -0.4 is 5.32 Å². The van der Waals surface area contributed by atoms with Crippen LogP contribution in [0.4, 0.5) is 0 Å². The summed E-state index contributed by atoms with van der Waals surface area (Å²) in [6, 6.07) is 2.49. The molecule has 0 aromatic heterocycles. The molecule has 0 bridgehead atoms. The molecule has 1 atom stereocenters.